The summed E-state index contributed by atoms with van der Waals surface area (Å²) in [5, 5.41) is 2.71. The summed E-state index contributed by atoms with van der Waals surface area (Å²) in [5.74, 6) is 0.734. The molecule has 4 nitrogen and oxygen atoms in total. The van der Waals surface area contributed by atoms with Gasteiger partial charge in [-0.05, 0) is 18.6 Å². The number of anilines is 1. The molecule has 4 heteroatoms. The van der Waals surface area contributed by atoms with Crippen LogP contribution >= 0.6 is 0 Å². The maximum atomic E-state index is 11.2. The van der Waals surface area contributed by atoms with E-state index in [1.807, 2.05) is 12.1 Å². The molecule has 0 saturated heterocycles. The van der Waals surface area contributed by atoms with Gasteiger partial charge in [0.15, 0.2) is 0 Å². The molecule has 2 rings (SSSR count). The van der Waals surface area contributed by atoms with Crippen LogP contribution in [0.3, 0.4) is 0 Å². The van der Waals surface area contributed by atoms with Crippen LogP contribution in [0, 0.1) is 0 Å². The fraction of sp³-hybridized carbons (Fsp3) is 0.385. The van der Waals surface area contributed by atoms with Gasteiger partial charge in [-0.1, -0.05) is 12.1 Å². The first kappa shape index (κ1) is 11.6. The lowest BCUT2D eigenvalue weighted by Crippen LogP contribution is -2.14. The number of rotatable bonds is 3. The largest absolute Gasteiger partial charge is 0.488 e. The molecule has 1 saturated carbocycles. The van der Waals surface area contributed by atoms with Gasteiger partial charge in [-0.2, -0.15) is 0 Å². The number of Topliss-reactive ketones (excluding diaryl/α,β-unsaturated/α-hetero) is 1. The first-order chi connectivity index (χ1) is 8.15. The van der Waals surface area contributed by atoms with Gasteiger partial charge < -0.3 is 10.1 Å². The van der Waals surface area contributed by atoms with Crippen molar-refractivity contribution in [3.8, 4) is 5.75 Å². The van der Waals surface area contributed by atoms with Crippen LogP contribution < -0.4 is 10.1 Å². The number of amides is 1. The van der Waals surface area contributed by atoms with E-state index in [-0.39, 0.29) is 17.8 Å². The van der Waals surface area contributed by atoms with Crippen molar-refractivity contribution in [3.63, 3.8) is 0 Å². The molecule has 1 amide bonds. The van der Waals surface area contributed by atoms with E-state index in [0.717, 1.165) is 6.42 Å². The molecular weight excluding hydrogens is 218 g/mol. The fourth-order valence-electron chi connectivity index (χ4n) is 1.92. The van der Waals surface area contributed by atoms with Gasteiger partial charge in [-0.25, -0.2) is 0 Å². The van der Waals surface area contributed by atoms with E-state index in [4.69, 9.17) is 4.74 Å². The number of ketones is 1. The smallest absolute Gasteiger partial charge is 0.221 e. The number of benzene rings is 1. The molecule has 1 aromatic rings. The lowest BCUT2D eigenvalue weighted by Gasteiger charge is -2.15. The molecule has 1 fully saturated rings. The van der Waals surface area contributed by atoms with Gasteiger partial charge in [0.2, 0.25) is 5.91 Å². The minimum Gasteiger partial charge on any atom is -0.488 e. The first-order valence-electron chi connectivity index (χ1n) is 5.70. The number of carbonyl (C=O) groups is 2. The summed E-state index contributed by atoms with van der Waals surface area (Å²) >= 11 is 0. The summed E-state index contributed by atoms with van der Waals surface area (Å²) in [6.07, 6.45) is 1.76. The van der Waals surface area contributed by atoms with Crippen LogP contribution in [0.4, 0.5) is 5.69 Å². The lowest BCUT2D eigenvalue weighted by molar-refractivity contribution is -0.118. The van der Waals surface area contributed by atoms with Gasteiger partial charge in [0.25, 0.3) is 0 Å². The lowest BCUT2D eigenvalue weighted by atomic mass is 10.2. The second-order valence-electron chi connectivity index (χ2n) is 4.20. The van der Waals surface area contributed by atoms with Crippen molar-refractivity contribution >= 4 is 17.4 Å². The number of ether oxygens (including phenoxy) is 1. The van der Waals surface area contributed by atoms with E-state index in [9.17, 15) is 9.59 Å². The van der Waals surface area contributed by atoms with Gasteiger partial charge in [0, 0.05) is 19.8 Å². The van der Waals surface area contributed by atoms with Crippen molar-refractivity contribution < 1.29 is 14.3 Å². The van der Waals surface area contributed by atoms with E-state index in [1.54, 1.807) is 12.1 Å². The normalized spacial score (nSPS) is 19.1. The summed E-state index contributed by atoms with van der Waals surface area (Å²) in [6, 6.07) is 7.26. The van der Waals surface area contributed by atoms with Gasteiger partial charge >= 0.3 is 0 Å². The Hall–Kier alpha value is -1.84. The molecule has 0 aliphatic heterocycles. The maximum absolute atomic E-state index is 11.2. The zero-order valence-electron chi connectivity index (χ0n) is 9.73. The zero-order chi connectivity index (χ0) is 12.3. The Balaban J connectivity index is 2.09. The number of nitrogens with one attached hydrogen (secondary N) is 1. The van der Waals surface area contributed by atoms with Gasteiger partial charge in [-0.3, -0.25) is 9.59 Å². The Morgan fingerprint density at radius 1 is 1.41 bits per heavy atom. The summed E-state index contributed by atoms with van der Waals surface area (Å²) in [7, 11) is 0. The molecule has 90 valence electrons. The molecule has 0 radical (unpaired) electrons. The summed E-state index contributed by atoms with van der Waals surface area (Å²) in [6.45, 7) is 1.45. The molecule has 0 spiro atoms. The van der Waals surface area contributed by atoms with Crippen LogP contribution in [0.25, 0.3) is 0 Å². The Labute approximate surface area is 100.0 Å². The van der Waals surface area contributed by atoms with Crippen LogP contribution in [0.1, 0.15) is 26.2 Å². The quantitative estimate of drug-likeness (QED) is 0.870. The van der Waals surface area contributed by atoms with Crippen molar-refractivity contribution in [1.82, 2.24) is 0 Å². The molecule has 17 heavy (non-hydrogen) atoms. The third-order valence-corrected chi connectivity index (χ3v) is 2.69. The number of hydrogen-bond acceptors (Lipinski definition) is 3. The van der Waals surface area contributed by atoms with E-state index in [0.29, 0.717) is 24.3 Å². The summed E-state index contributed by atoms with van der Waals surface area (Å²) in [5.41, 5.74) is 0.652. The number of hydrogen-bond donors (Lipinski definition) is 1. The fourth-order valence-corrected chi connectivity index (χ4v) is 1.92. The molecule has 1 aromatic carbocycles. The number of para-hydroxylation sites is 2. The second kappa shape index (κ2) is 4.99. The Morgan fingerprint density at radius 3 is 2.82 bits per heavy atom. The average molecular weight is 233 g/mol. The standard InChI is InChI=1S/C13H15NO3/c1-9(15)14-12-4-2-3-5-13(12)17-11-7-6-10(16)8-11/h2-5,11H,6-8H2,1H3,(H,14,15). The summed E-state index contributed by atoms with van der Waals surface area (Å²) in [4.78, 5) is 22.2. The Kier molecular flexibility index (Phi) is 3.42. The van der Waals surface area contributed by atoms with Crippen molar-refractivity contribution in [2.45, 2.75) is 32.3 Å². The van der Waals surface area contributed by atoms with Gasteiger partial charge in [0.05, 0.1) is 5.69 Å². The van der Waals surface area contributed by atoms with Crippen LogP contribution in [-0.2, 0) is 9.59 Å². The highest BCUT2D eigenvalue weighted by Gasteiger charge is 2.24. The van der Waals surface area contributed by atoms with Gasteiger partial charge in [-0.15, -0.1) is 0 Å². The third-order valence-electron chi connectivity index (χ3n) is 2.69. The van der Waals surface area contributed by atoms with E-state index in [1.165, 1.54) is 6.92 Å². The molecule has 0 heterocycles. The average Bonchev–Trinajstić information content (AvgIpc) is 2.66. The van der Waals surface area contributed by atoms with Crippen LogP contribution in [0.5, 0.6) is 5.75 Å². The highest BCUT2D eigenvalue weighted by molar-refractivity contribution is 5.90. The number of carbonyl (C=O) groups excluding carboxylic acids is 2. The van der Waals surface area contributed by atoms with Crippen LogP contribution in [0.15, 0.2) is 24.3 Å². The molecule has 0 bridgehead atoms. The first-order valence-corrected chi connectivity index (χ1v) is 5.70. The predicted octanol–water partition coefficient (Wildman–Crippen LogP) is 2.15. The van der Waals surface area contributed by atoms with Gasteiger partial charge in [0.1, 0.15) is 17.6 Å². The summed E-state index contributed by atoms with van der Waals surface area (Å²) < 4.78 is 5.74. The highest BCUT2D eigenvalue weighted by atomic mass is 16.5. The van der Waals surface area contributed by atoms with Crippen LogP contribution in [0.2, 0.25) is 0 Å². The van der Waals surface area contributed by atoms with Crippen LogP contribution in [-0.4, -0.2) is 17.8 Å². The molecule has 1 unspecified atom stereocenters. The van der Waals surface area contributed by atoms with Crippen molar-refractivity contribution in [2.75, 3.05) is 5.32 Å². The minimum atomic E-state index is -0.136. The maximum Gasteiger partial charge on any atom is 0.221 e. The SMILES string of the molecule is CC(=O)Nc1ccccc1OC1CCC(=O)C1. The zero-order valence-corrected chi connectivity index (χ0v) is 9.73. The van der Waals surface area contributed by atoms with Crippen molar-refractivity contribution in [3.05, 3.63) is 24.3 Å². The molecule has 1 atom stereocenters. The molecule has 1 aliphatic rings. The Morgan fingerprint density at radius 2 is 2.18 bits per heavy atom. The van der Waals surface area contributed by atoms with Crippen molar-refractivity contribution in [2.24, 2.45) is 0 Å². The topological polar surface area (TPSA) is 55.4 Å². The van der Waals surface area contributed by atoms with Crippen molar-refractivity contribution in [1.29, 1.82) is 0 Å². The predicted molar refractivity (Wildman–Crippen MR) is 64.0 cm³/mol. The highest BCUT2D eigenvalue weighted by Crippen LogP contribution is 2.28. The minimum absolute atomic E-state index is 0.0580. The third kappa shape index (κ3) is 3.06. The molecule has 1 aliphatic carbocycles. The second-order valence-corrected chi connectivity index (χ2v) is 4.20. The van der Waals surface area contributed by atoms with E-state index < -0.39 is 0 Å². The van der Waals surface area contributed by atoms with E-state index >= 15 is 0 Å². The molecular formula is C13H15NO3. The molecule has 1 N–H and O–H groups in total. The monoisotopic (exact) mass is 233 g/mol. The van der Waals surface area contributed by atoms with E-state index in [2.05, 4.69) is 5.32 Å². The molecule has 0 aromatic heterocycles. The Bertz CT molecular complexity index is 442.